The Morgan fingerprint density at radius 1 is 1.17 bits per heavy atom. The summed E-state index contributed by atoms with van der Waals surface area (Å²) in [5, 5.41) is 0.449. The molecule has 0 spiro atoms. The number of halogens is 1. The highest BCUT2D eigenvalue weighted by atomic mass is 32.1. The van der Waals surface area contributed by atoms with E-state index in [2.05, 4.69) is 0 Å². The van der Waals surface area contributed by atoms with Crippen LogP contribution in [0.15, 0.2) is 18.2 Å². The van der Waals surface area contributed by atoms with Crippen LogP contribution in [0.4, 0.5) is 4.39 Å². The highest BCUT2D eigenvalue weighted by Crippen LogP contribution is 2.39. The number of rotatable bonds is 4. The predicted octanol–water partition coefficient (Wildman–Crippen LogP) is 3.32. The zero-order valence-corrected chi connectivity index (χ0v) is 14.8. The number of methoxy groups -OCH3 is 1. The molecule has 1 aliphatic heterocycles. The fraction of sp³-hybridized carbons (Fsp3) is 0.500. The number of benzene rings is 1. The molecule has 1 fully saturated rings. The maximum atomic E-state index is 13.6. The number of fused-ring (bicyclic) bond motifs is 1. The summed E-state index contributed by atoms with van der Waals surface area (Å²) in [6.07, 6.45) is 0. The molecule has 0 saturated carbocycles. The molecule has 7 heteroatoms. The van der Waals surface area contributed by atoms with Crippen LogP contribution in [0.25, 0.3) is 10.1 Å². The van der Waals surface area contributed by atoms with Gasteiger partial charge in [0.15, 0.2) is 11.9 Å². The van der Waals surface area contributed by atoms with E-state index in [1.165, 1.54) is 6.07 Å². The van der Waals surface area contributed by atoms with Gasteiger partial charge in [-0.25, -0.2) is 0 Å². The molecule has 1 aromatic carbocycles. The van der Waals surface area contributed by atoms with E-state index in [0.717, 1.165) is 21.5 Å². The summed E-state index contributed by atoms with van der Waals surface area (Å²) >= 11 is 1.08. The highest BCUT2D eigenvalue weighted by molar-refractivity contribution is 7.17. The Bertz CT molecular complexity index is 712. The van der Waals surface area contributed by atoms with Gasteiger partial charge in [0.25, 0.3) is 0 Å². The van der Waals surface area contributed by atoms with Crippen molar-refractivity contribution in [2.45, 2.75) is 38.9 Å². The summed E-state index contributed by atoms with van der Waals surface area (Å²) in [4.78, 5) is 0. The van der Waals surface area contributed by atoms with Gasteiger partial charge in [0.05, 0.1) is 11.2 Å². The average molecular weight is 338 g/mol. The normalized spacial score (nSPS) is 19.5. The van der Waals surface area contributed by atoms with Gasteiger partial charge in [-0.2, -0.15) is 4.39 Å². The minimum Gasteiger partial charge on any atom is -0.467 e. The quantitative estimate of drug-likeness (QED) is 0.633. The molecule has 0 unspecified atom stereocenters. The maximum absolute atomic E-state index is 13.6. The van der Waals surface area contributed by atoms with E-state index in [1.54, 1.807) is 7.11 Å². The van der Waals surface area contributed by atoms with Gasteiger partial charge in [-0.3, -0.25) is 0 Å². The number of hydrogen-bond donors (Lipinski definition) is 0. The lowest BCUT2D eigenvalue weighted by Crippen LogP contribution is -2.41. The average Bonchev–Trinajstić information content (AvgIpc) is 2.92. The monoisotopic (exact) mass is 338 g/mol. The van der Waals surface area contributed by atoms with Crippen molar-refractivity contribution in [1.29, 1.82) is 0 Å². The van der Waals surface area contributed by atoms with E-state index in [4.69, 9.17) is 18.8 Å². The van der Waals surface area contributed by atoms with Crippen LogP contribution >= 0.6 is 11.3 Å². The second-order valence-electron chi connectivity index (χ2n) is 6.59. The number of thiophene rings is 1. The van der Waals surface area contributed by atoms with Crippen LogP contribution in [-0.2, 0) is 14.0 Å². The lowest BCUT2D eigenvalue weighted by atomic mass is 9.78. The number of hydrogen-bond acceptors (Lipinski definition) is 5. The van der Waals surface area contributed by atoms with E-state index in [-0.39, 0.29) is 11.9 Å². The molecule has 0 N–H and O–H groups in total. The number of ether oxygens (including phenoxy) is 2. The van der Waals surface area contributed by atoms with Gasteiger partial charge in [0.2, 0.25) is 0 Å². The van der Waals surface area contributed by atoms with Crippen molar-refractivity contribution in [3.63, 3.8) is 0 Å². The van der Waals surface area contributed by atoms with Crippen molar-refractivity contribution >= 4 is 34.0 Å². The van der Waals surface area contributed by atoms with E-state index in [1.807, 2.05) is 39.8 Å². The Kier molecular flexibility index (Phi) is 4.17. The maximum Gasteiger partial charge on any atom is 0.498 e. The first kappa shape index (κ1) is 16.7. The van der Waals surface area contributed by atoms with E-state index >= 15 is 0 Å². The van der Waals surface area contributed by atoms with Crippen molar-refractivity contribution in [3.05, 3.63) is 23.3 Å². The zero-order valence-electron chi connectivity index (χ0n) is 13.9. The molecule has 1 saturated heterocycles. The van der Waals surface area contributed by atoms with Gasteiger partial charge in [0.1, 0.15) is 5.75 Å². The van der Waals surface area contributed by atoms with Crippen LogP contribution in [0.3, 0.4) is 0 Å². The molecular formula is C16H20BFO4S. The lowest BCUT2D eigenvalue weighted by Gasteiger charge is -2.32. The minimum atomic E-state index is -0.570. The fourth-order valence-electron chi connectivity index (χ4n) is 2.51. The Labute approximate surface area is 139 Å². The van der Waals surface area contributed by atoms with Crippen LogP contribution in [-0.4, -0.2) is 32.2 Å². The van der Waals surface area contributed by atoms with Crippen molar-refractivity contribution < 1.29 is 23.2 Å². The molecule has 0 radical (unpaired) electrons. The third kappa shape index (κ3) is 2.87. The van der Waals surface area contributed by atoms with Gasteiger partial charge in [-0.15, -0.1) is 11.3 Å². The highest BCUT2D eigenvalue weighted by Gasteiger charge is 2.52. The van der Waals surface area contributed by atoms with Crippen LogP contribution in [0.5, 0.6) is 5.75 Å². The van der Waals surface area contributed by atoms with Gasteiger partial charge in [-0.1, -0.05) is 6.07 Å². The van der Waals surface area contributed by atoms with Crippen LogP contribution in [0.1, 0.15) is 27.7 Å². The summed E-state index contributed by atoms with van der Waals surface area (Å²) in [5.41, 5.74) is -0.165. The molecule has 0 amide bonds. The molecule has 3 rings (SSSR count). The summed E-state index contributed by atoms with van der Waals surface area (Å²) in [6.45, 7) is 8.04. The van der Waals surface area contributed by atoms with Crippen molar-refractivity contribution in [3.8, 4) is 5.75 Å². The second kappa shape index (κ2) is 5.74. The molecule has 1 aliphatic rings. The summed E-state index contributed by atoms with van der Waals surface area (Å²) in [5.74, 6) is 0.544. The van der Waals surface area contributed by atoms with Gasteiger partial charge < -0.3 is 18.8 Å². The molecule has 0 aliphatic carbocycles. The SMILES string of the molecule is COCOc1c(B2OC(C)(C)C(C)(C)O2)ccc2sc(F)cc12. The Morgan fingerprint density at radius 2 is 1.83 bits per heavy atom. The molecule has 0 atom stereocenters. The largest absolute Gasteiger partial charge is 0.498 e. The van der Waals surface area contributed by atoms with Crippen molar-refractivity contribution in [1.82, 2.24) is 0 Å². The molecule has 2 aromatic rings. The summed E-state index contributed by atoms with van der Waals surface area (Å²) in [6, 6.07) is 5.20. The zero-order chi connectivity index (χ0) is 16.8. The first-order valence-electron chi connectivity index (χ1n) is 7.44. The summed E-state index contributed by atoms with van der Waals surface area (Å²) < 4.78 is 37.4. The molecule has 124 valence electrons. The third-order valence-electron chi connectivity index (χ3n) is 4.48. The Hall–Kier alpha value is -1.15. The molecule has 0 bridgehead atoms. The second-order valence-corrected chi connectivity index (χ2v) is 7.62. The third-order valence-corrected chi connectivity index (χ3v) is 5.37. The van der Waals surface area contributed by atoms with Crippen LogP contribution in [0, 0.1) is 5.13 Å². The molecule has 2 heterocycles. The molecule has 4 nitrogen and oxygen atoms in total. The fourth-order valence-corrected chi connectivity index (χ4v) is 3.29. The minimum absolute atomic E-state index is 0.0725. The van der Waals surface area contributed by atoms with Gasteiger partial charge in [0, 0.05) is 22.7 Å². The van der Waals surface area contributed by atoms with Crippen LogP contribution < -0.4 is 10.2 Å². The van der Waals surface area contributed by atoms with Gasteiger partial charge in [-0.05, 0) is 39.8 Å². The molecule has 23 heavy (non-hydrogen) atoms. The smallest absolute Gasteiger partial charge is 0.467 e. The predicted molar refractivity (Wildman–Crippen MR) is 90.0 cm³/mol. The van der Waals surface area contributed by atoms with E-state index < -0.39 is 18.3 Å². The van der Waals surface area contributed by atoms with Gasteiger partial charge >= 0.3 is 7.12 Å². The Balaban J connectivity index is 2.07. The van der Waals surface area contributed by atoms with E-state index in [9.17, 15) is 4.39 Å². The van der Waals surface area contributed by atoms with Crippen LogP contribution in [0.2, 0.25) is 0 Å². The van der Waals surface area contributed by atoms with E-state index in [0.29, 0.717) is 11.1 Å². The molecular weight excluding hydrogens is 318 g/mol. The molecule has 1 aromatic heterocycles. The standard InChI is InChI=1S/C16H20BFO4S/c1-15(2)16(3,4)22-17(21-15)11-6-7-12-10(8-13(18)23-12)14(11)20-9-19-5/h6-8H,9H2,1-5H3. The topological polar surface area (TPSA) is 36.9 Å². The first-order valence-corrected chi connectivity index (χ1v) is 8.26. The summed E-state index contributed by atoms with van der Waals surface area (Å²) in [7, 11) is 0.974. The van der Waals surface area contributed by atoms with Crippen molar-refractivity contribution in [2.24, 2.45) is 0 Å². The van der Waals surface area contributed by atoms with Crippen molar-refractivity contribution in [2.75, 3.05) is 13.9 Å². The first-order chi connectivity index (χ1) is 10.7. The Morgan fingerprint density at radius 3 is 2.43 bits per heavy atom. The lowest BCUT2D eigenvalue weighted by molar-refractivity contribution is 0.00578.